The van der Waals surface area contributed by atoms with Crippen LogP contribution in [0.2, 0.25) is 0 Å². The molecule has 7 rings (SSSR count). The first-order valence-electron chi connectivity index (χ1n) is 24.6. The van der Waals surface area contributed by atoms with Crippen molar-refractivity contribution < 1.29 is 90.4 Å². The first-order valence-corrected chi connectivity index (χ1v) is 30.1. The Kier molecular flexibility index (Phi) is 18.3. The molecule has 2 aromatic heterocycles. The maximum absolute atomic E-state index is 12.9. The zero-order valence-corrected chi connectivity index (χ0v) is 45.6. The van der Waals surface area contributed by atoms with Gasteiger partial charge in [0.15, 0.2) is 28.6 Å². The molecule has 1 saturated heterocycles. The van der Waals surface area contributed by atoms with Crippen LogP contribution in [0.15, 0.2) is 36.5 Å². The molecule has 418 valence electrons. The van der Waals surface area contributed by atoms with Gasteiger partial charge in [-0.25, -0.2) is 28.6 Å². The van der Waals surface area contributed by atoms with E-state index in [2.05, 4.69) is 67.3 Å². The van der Waals surface area contributed by atoms with Crippen molar-refractivity contribution in [2.24, 2.45) is 45.8 Å². The summed E-state index contributed by atoms with van der Waals surface area (Å²) in [6.07, 6.45) is 3.78. The van der Waals surface area contributed by atoms with Gasteiger partial charge in [0.05, 0.1) is 25.6 Å². The van der Waals surface area contributed by atoms with Crippen molar-refractivity contribution in [1.82, 2.24) is 30.2 Å². The van der Waals surface area contributed by atoms with Crippen molar-refractivity contribution in [1.29, 1.82) is 0 Å². The standard InChI is InChI=1S/C45H68N7O19P3S/c1-24(28-9-10-29-27-8-7-25-18-26(53)12-14-44(25,4)30(27)19-32(54)45(28,29)5)6-11-34(56)75-17-16-47-33(55)13-15-48-41(59)38(58)43(2,3)21-68-74(65,66)71-73(63,64)67-20-31-37(70-72(60,61)62)36(57)42(69-31)52-23-51-35-39(46)49-22-50-40(35)52/h7-8,18,22-24,27-32,36-38,42,54,57-58H,6,9-17,19-21H2,1-5H3,(H,47,55)(H,48,59)(H,63,64)(H,65,66)(H2,46,49,50)(H2,60,61,62)/t24-,27+,28-,29+,30+,31-,32+,36-,37-,38+,42-,44+,45-/m1/s1. The molecule has 2 saturated carbocycles. The molecule has 75 heavy (non-hydrogen) atoms. The number of rotatable bonds is 23. The van der Waals surface area contributed by atoms with Crippen LogP contribution in [0.4, 0.5) is 5.82 Å². The summed E-state index contributed by atoms with van der Waals surface area (Å²) in [7, 11) is -16.5. The number of aliphatic hydroxyl groups is 3. The quantitative estimate of drug-likeness (QED) is 0.0565. The summed E-state index contributed by atoms with van der Waals surface area (Å²) in [6.45, 7) is 7.08. The molecule has 0 aromatic carbocycles. The zero-order chi connectivity index (χ0) is 55.1. The van der Waals surface area contributed by atoms with Crippen molar-refractivity contribution in [2.75, 3.05) is 37.8 Å². The Labute approximate surface area is 436 Å². The molecule has 3 heterocycles. The van der Waals surface area contributed by atoms with Gasteiger partial charge in [0, 0.05) is 43.5 Å². The van der Waals surface area contributed by atoms with Crippen LogP contribution in [0, 0.1) is 45.8 Å². The Hall–Kier alpha value is -3.33. The van der Waals surface area contributed by atoms with Gasteiger partial charge in [-0.05, 0) is 84.2 Å². The number of nitrogens with one attached hydrogen (secondary N) is 2. The number of aliphatic hydroxyl groups excluding tert-OH is 3. The lowest BCUT2D eigenvalue weighted by atomic mass is 9.47. The molecular weight excluding hydrogens is 1070 g/mol. The number of carbonyl (C=O) groups excluding carboxylic acids is 4. The first kappa shape index (κ1) is 59.3. The summed E-state index contributed by atoms with van der Waals surface area (Å²) in [6, 6.07) is 0. The van der Waals surface area contributed by atoms with E-state index in [1.807, 2.05) is 0 Å². The van der Waals surface area contributed by atoms with Crippen molar-refractivity contribution in [2.45, 2.75) is 123 Å². The van der Waals surface area contributed by atoms with Crippen LogP contribution in [0.3, 0.4) is 0 Å². The van der Waals surface area contributed by atoms with E-state index in [1.165, 1.54) is 13.8 Å². The van der Waals surface area contributed by atoms with Crippen LogP contribution in [-0.4, -0.2) is 140 Å². The molecule has 0 bridgehead atoms. The Morgan fingerprint density at radius 1 is 1.01 bits per heavy atom. The van der Waals surface area contributed by atoms with Crippen molar-refractivity contribution in [3.63, 3.8) is 0 Å². The number of carbonyl (C=O) groups is 4. The van der Waals surface area contributed by atoms with Crippen LogP contribution >= 0.6 is 35.2 Å². The third-order valence-corrected chi connectivity index (χ3v) is 20.0. The van der Waals surface area contributed by atoms with Gasteiger partial charge in [0.1, 0.15) is 36.3 Å². The lowest BCUT2D eigenvalue weighted by Crippen LogP contribution is -2.55. The monoisotopic (exact) mass is 1140 g/mol. The van der Waals surface area contributed by atoms with Crippen LogP contribution < -0.4 is 16.4 Å². The molecule has 0 spiro atoms. The summed E-state index contributed by atoms with van der Waals surface area (Å²) in [5, 5.41) is 38.6. The van der Waals surface area contributed by atoms with E-state index in [-0.39, 0.29) is 76.0 Å². The Morgan fingerprint density at radius 2 is 1.73 bits per heavy atom. The molecule has 0 radical (unpaired) electrons. The predicted molar refractivity (Wildman–Crippen MR) is 267 cm³/mol. The molecule has 5 aliphatic rings. The number of hydrogen-bond donors (Lipinski definition) is 10. The number of nitrogens with zero attached hydrogens (tertiary/aromatic N) is 4. The molecule has 26 nitrogen and oxygen atoms in total. The van der Waals surface area contributed by atoms with Crippen LogP contribution in [0.1, 0.15) is 92.2 Å². The molecule has 30 heteroatoms. The molecule has 1 aliphatic heterocycles. The maximum Gasteiger partial charge on any atom is 0.481 e. The number of anilines is 1. The van der Waals surface area contributed by atoms with Crippen molar-refractivity contribution >= 4 is 74.9 Å². The highest BCUT2D eigenvalue weighted by molar-refractivity contribution is 8.13. The van der Waals surface area contributed by atoms with E-state index >= 15 is 0 Å². The molecule has 15 atom stereocenters. The van der Waals surface area contributed by atoms with Crippen molar-refractivity contribution in [3.8, 4) is 0 Å². The summed E-state index contributed by atoms with van der Waals surface area (Å²) in [4.78, 5) is 102. The fourth-order valence-electron chi connectivity index (χ4n) is 11.8. The zero-order valence-electron chi connectivity index (χ0n) is 42.1. The van der Waals surface area contributed by atoms with E-state index in [9.17, 15) is 67.8 Å². The highest BCUT2D eigenvalue weighted by atomic mass is 32.2. The highest BCUT2D eigenvalue weighted by Crippen LogP contribution is 2.67. The minimum absolute atomic E-state index is 0.00807. The number of ketones is 1. The number of thioether (sulfide) groups is 1. The molecule has 2 amide bonds. The van der Waals surface area contributed by atoms with E-state index in [0.29, 0.717) is 43.3 Å². The van der Waals surface area contributed by atoms with Gasteiger partial charge in [-0.2, -0.15) is 4.31 Å². The van der Waals surface area contributed by atoms with Gasteiger partial charge in [0.2, 0.25) is 11.8 Å². The Bertz CT molecular complexity index is 2690. The van der Waals surface area contributed by atoms with Gasteiger partial charge in [-0.3, -0.25) is 37.3 Å². The Balaban J connectivity index is 0.785. The van der Waals surface area contributed by atoms with E-state index in [4.69, 9.17) is 19.5 Å². The molecule has 11 N–H and O–H groups in total. The fourth-order valence-corrected chi connectivity index (χ4v) is 15.4. The van der Waals surface area contributed by atoms with Gasteiger partial charge in [-0.15, -0.1) is 0 Å². The summed E-state index contributed by atoms with van der Waals surface area (Å²) >= 11 is 1.11. The van der Waals surface area contributed by atoms with E-state index < -0.39 is 90.7 Å². The number of amides is 2. The molecule has 2 unspecified atom stereocenters. The maximum atomic E-state index is 12.9. The number of nitrogens with two attached hydrogens (primary N) is 1. The number of nitrogen functional groups attached to an aromatic ring is 1. The summed E-state index contributed by atoms with van der Waals surface area (Å²) < 4.78 is 62.7. The van der Waals surface area contributed by atoms with Crippen LogP contribution in [0.25, 0.3) is 11.2 Å². The third-order valence-electron chi connectivity index (χ3n) is 15.9. The van der Waals surface area contributed by atoms with Gasteiger partial charge in [0.25, 0.3) is 0 Å². The van der Waals surface area contributed by atoms with Gasteiger partial charge in [-0.1, -0.05) is 58.5 Å². The van der Waals surface area contributed by atoms with Crippen molar-refractivity contribution in [3.05, 3.63) is 36.5 Å². The smallest absolute Gasteiger partial charge is 0.393 e. The molecule has 4 aliphatic carbocycles. The fraction of sp³-hybridized carbons (Fsp3) is 0.711. The lowest BCUT2D eigenvalue weighted by Gasteiger charge is -2.58. The second-order valence-electron chi connectivity index (χ2n) is 21.2. The number of aromatic nitrogens is 4. The van der Waals surface area contributed by atoms with Gasteiger partial charge >= 0.3 is 23.5 Å². The topological polar surface area (TPSA) is 401 Å². The number of hydrogen-bond acceptors (Lipinski definition) is 20. The van der Waals surface area contributed by atoms with Crippen LogP contribution in [0.5, 0.6) is 0 Å². The van der Waals surface area contributed by atoms with Crippen LogP contribution in [-0.2, 0) is 55.5 Å². The third kappa shape index (κ3) is 13.4. The van der Waals surface area contributed by atoms with E-state index in [0.717, 1.165) is 53.8 Å². The second kappa shape index (κ2) is 23.2. The number of phosphoric acid groups is 3. The number of imidazole rings is 1. The summed E-state index contributed by atoms with van der Waals surface area (Å²) in [5.41, 5.74) is 4.94. The SMILES string of the molecule is C[C@H](CCC(=O)SCCNC(=O)CCNC(=O)[C@H](O)C(C)(C)COP(=O)(O)OP(=O)(O)OC[C@H]1O[C@@H](n2cnc3c(N)ncnc32)[C@H](O)[C@@H]1OP(=O)(O)O)[C@H]1CC[C@H]2[C@@H]3C=CC4=CC(=O)CC[C@]4(C)[C@H]3C[C@H](O)[C@]12C. The molecular formula is C45H68N7O19P3S. The second-order valence-corrected chi connectivity index (χ2v) is 26.6. The summed E-state index contributed by atoms with van der Waals surface area (Å²) in [5.74, 6) is 0.390. The highest BCUT2D eigenvalue weighted by Gasteiger charge is 2.62. The first-order chi connectivity index (χ1) is 35.0. The number of allylic oxidation sites excluding steroid dienone is 4. The van der Waals surface area contributed by atoms with Gasteiger partial charge < -0.3 is 56.0 Å². The number of phosphoric ester groups is 3. The Morgan fingerprint density at radius 3 is 2.45 bits per heavy atom. The average molecular weight is 1140 g/mol. The lowest BCUT2D eigenvalue weighted by molar-refractivity contribution is -0.137. The predicted octanol–water partition coefficient (Wildman–Crippen LogP) is 2.98. The largest absolute Gasteiger partial charge is 0.481 e. The molecule has 3 fully saturated rings. The normalized spacial score (nSPS) is 32.1. The average Bonchev–Trinajstić information content (AvgIpc) is 4.01. The van der Waals surface area contributed by atoms with E-state index in [1.54, 1.807) is 6.08 Å². The minimum atomic E-state index is -5.60. The molecule has 2 aromatic rings. The number of fused-ring (bicyclic) bond motifs is 6. The number of ether oxygens (including phenoxy) is 1. The minimum Gasteiger partial charge on any atom is -0.393 e.